The first kappa shape index (κ1) is 16.5. The Labute approximate surface area is 133 Å². The third-order valence-electron chi connectivity index (χ3n) is 3.27. The van der Waals surface area contributed by atoms with Gasteiger partial charge in [0.25, 0.3) is 0 Å². The summed E-state index contributed by atoms with van der Waals surface area (Å²) < 4.78 is 6.52. The van der Waals surface area contributed by atoms with E-state index >= 15 is 0 Å². The number of carbonyl (C=O) groups excluding carboxylic acids is 1. The van der Waals surface area contributed by atoms with Gasteiger partial charge in [0.1, 0.15) is 12.6 Å². The SMILES string of the molecule is CCc1cnn(CC(NC(=O)OCc2ccccc2)C(=O)O)c1. The molecule has 2 rings (SSSR count). The number of hydrogen-bond acceptors (Lipinski definition) is 4. The summed E-state index contributed by atoms with van der Waals surface area (Å²) in [5, 5.41) is 15.6. The number of benzene rings is 1. The van der Waals surface area contributed by atoms with E-state index in [1.807, 2.05) is 37.3 Å². The van der Waals surface area contributed by atoms with E-state index in [2.05, 4.69) is 10.4 Å². The monoisotopic (exact) mass is 317 g/mol. The standard InChI is InChI=1S/C16H19N3O4/c1-2-12-8-17-19(9-12)10-14(15(20)21)18-16(22)23-11-13-6-4-3-5-7-13/h3-9,14H,2,10-11H2,1H3,(H,18,22)(H,20,21). The third-order valence-corrected chi connectivity index (χ3v) is 3.27. The van der Waals surface area contributed by atoms with Crippen molar-refractivity contribution in [2.45, 2.75) is 32.5 Å². The number of ether oxygens (including phenoxy) is 1. The van der Waals surface area contributed by atoms with Gasteiger partial charge in [0.2, 0.25) is 0 Å². The van der Waals surface area contributed by atoms with E-state index in [0.717, 1.165) is 17.5 Å². The van der Waals surface area contributed by atoms with E-state index in [1.165, 1.54) is 4.68 Å². The highest BCUT2D eigenvalue weighted by molar-refractivity contribution is 5.79. The summed E-state index contributed by atoms with van der Waals surface area (Å²) in [5.41, 5.74) is 1.83. The number of rotatable bonds is 7. The maximum atomic E-state index is 11.8. The van der Waals surface area contributed by atoms with Crippen LogP contribution in [0, 0.1) is 0 Å². The highest BCUT2D eigenvalue weighted by Crippen LogP contribution is 2.02. The summed E-state index contributed by atoms with van der Waals surface area (Å²) in [4.78, 5) is 23.0. The Morgan fingerprint density at radius 1 is 1.30 bits per heavy atom. The maximum Gasteiger partial charge on any atom is 0.408 e. The number of carbonyl (C=O) groups is 2. The van der Waals surface area contributed by atoms with Crippen LogP contribution in [-0.4, -0.2) is 33.0 Å². The van der Waals surface area contributed by atoms with Crippen LogP contribution in [0.4, 0.5) is 4.79 Å². The summed E-state index contributed by atoms with van der Waals surface area (Å²) in [5.74, 6) is -1.14. The highest BCUT2D eigenvalue weighted by Gasteiger charge is 2.21. The zero-order chi connectivity index (χ0) is 16.7. The minimum atomic E-state index is -1.14. The number of carboxylic acid groups (broad SMARTS) is 1. The first-order chi connectivity index (χ1) is 11.1. The zero-order valence-electron chi connectivity index (χ0n) is 12.8. The molecule has 7 nitrogen and oxygen atoms in total. The molecule has 1 amide bonds. The van der Waals surface area contributed by atoms with Crippen molar-refractivity contribution in [3.8, 4) is 0 Å². The molecule has 122 valence electrons. The molecule has 0 aliphatic rings. The summed E-state index contributed by atoms with van der Waals surface area (Å²) in [6.07, 6.45) is 3.47. The van der Waals surface area contributed by atoms with Crippen LogP contribution in [0.1, 0.15) is 18.1 Å². The van der Waals surface area contributed by atoms with E-state index in [4.69, 9.17) is 4.74 Å². The number of aromatic nitrogens is 2. The van der Waals surface area contributed by atoms with Crippen LogP contribution in [0.2, 0.25) is 0 Å². The third kappa shape index (κ3) is 5.14. The molecule has 0 saturated heterocycles. The molecule has 0 aliphatic heterocycles. The normalized spacial score (nSPS) is 11.7. The molecule has 0 spiro atoms. The van der Waals surface area contributed by atoms with Crippen molar-refractivity contribution < 1.29 is 19.4 Å². The summed E-state index contributed by atoms with van der Waals surface area (Å²) in [6, 6.07) is 8.05. The summed E-state index contributed by atoms with van der Waals surface area (Å²) in [6.45, 7) is 2.10. The molecule has 23 heavy (non-hydrogen) atoms. The molecule has 0 saturated carbocycles. The maximum absolute atomic E-state index is 11.8. The van der Waals surface area contributed by atoms with Gasteiger partial charge in [-0.1, -0.05) is 37.3 Å². The van der Waals surface area contributed by atoms with Crippen molar-refractivity contribution in [1.82, 2.24) is 15.1 Å². The smallest absolute Gasteiger partial charge is 0.408 e. The first-order valence-electron chi connectivity index (χ1n) is 7.30. The highest BCUT2D eigenvalue weighted by atomic mass is 16.5. The largest absolute Gasteiger partial charge is 0.480 e. The van der Waals surface area contributed by atoms with Crippen LogP contribution in [0.15, 0.2) is 42.7 Å². The van der Waals surface area contributed by atoms with Crippen molar-refractivity contribution in [3.05, 3.63) is 53.9 Å². The first-order valence-corrected chi connectivity index (χ1v) is 7.30. The lowest BCUT2D eigenvalue weighted by molar-refractivity contribution is -0.139. The predicted molar refractivity (Wildman–Crippen MR) is 82.8 cm³/mol. The molecule has 1 heterocycles. The Balaban J connectivity index is 1.88. The Morgan fingerprint density at radius 3 is 2.65 bits per heavy atom. The molecular formula is C16H19N3O4. The van der Waals surface area contributed by atoms with Gasteiger partial charge in [-0.3, -0.25) is 4.68 Å². The molecule has 0 aliphatic carbocycles. The molecule has 1 unspecified atom stereocenters. The van der Waals surface area contributed by atoms with Gasteiger partial charge in [-0.2, -0.15) is 5.10 Å². The lowest BCUT2D eigenvalue weighted by atomic mass is 10.2. The van der Waals surface area contributed by atoms with Crippen molar-refractivity contribution >= 4 is 12.1 Å². The number of amides is 1. The fourth-order valence-corrected chi connectivity index (χ4v) is 1.97. The van der Waals surface area contributed by atoms with E-state index in [1.54, 1.807) is 12.4 Å². The Hall–Kier alpha value is -2.83. The van der Waals surface area contributed by atoms with Crippen LogP contribution >= 0.6 is 0 Å². The Morgan fingerprint density at radius 2 is 2.04 bits per heavy atom. The zero-order valence-corrected chi connectivity index (χ0v) is 12.8. The van der Waals surface area contributed by atoms with Crippen LogP contribution in [0.5, 0.6) is 0 Å². The molecule has 1 aromatic heterocycles. The number of alkyl carbamates (subject to hydrolysis) is 1. The van der Waals surface area contributed by atoms with Gasteiger partial charge in [0.15, 0.2) is 0 Å². The second-order valence-electron chi connectivity index (χ2n) is 5.02. The van der Waals surface area contributed by atoms with Crippen molar-refractivity contribution in [2.75, 3.05) is 0 Å². The van der Waals surface area contributed by atoms with E-state index in [9.17, 15) is 14.7 Å². The molecular weight excluding hydrogens is 298 g/mol. The molecule has 1 atom stereocenters. The average molecular weight is 317 g/mol. The fourth-order valence-electron chi connectivity index (χ4n) is 1.97. The second kappa shape index (κ2) is 7.98. The second-order valence-corrected chi connectivity index (χ2v) is 5.02. The minimum absolute atomic E-state index is 0.0375. The molecule has 2 N–H and O–H groups in total. The lowest BCUT2D eigenvalue weighted by Gasteiger charge is -2.14. The van der Waals surface area contributed by atoms with Crippen molar-refractivity contribution in [3.63, 3.8) is 0 Å². The number of aryl methyl sites for hydroxylation is 1. The number of aliphatic carboxylic acids is 1. The molecule has 2 aromatic rings. The molecule has 0 bridgehead atoms. The number of nitrogens with one attached hydrogen (secondary N) is 1. The molecule has 0 radical (unpaired) electrons. The van der Waals surface area contributed by atoms with Gasteiger partial charge in [-0.15, -0.1) is 0 Å². The summed E-state index contributed by atoms with van der Waals surface area (Å²) >= 11 is 0. The van der Waals surface area contributed by atoms with Crippen molar-refractivity contribution in [2.24, 2.45) is 0 Å². The van der Waals surface area contributed by atoms with Crippen LogP contribution in [0.3, 0.4) is 0 Å². The Bertz CT molecular complexity index is 654. The van der Waals surface area contributed by atoms with Gasteiger partial charge in [-0.05, 0) is 17.5 Å². The number of hydrogen-bond donors (Lipinski definition) is 2. The van der Waals surface area contributed by atoms with Crippen molar-refractivity contribution in [1.29, 1.82) is 0 Å². The molecule has 1 aromatic carbocycles. The molecule has 7 heteroatoms. The van der Waals surface area contributed by atoms with Gasteiger partial charge in [0, 0.05) is 6.20 Å². The van der Waals surface area contributed by atoms with Gasteiger partial charge >= 0.3 is 12.1 Å². The van der Waals surface area contributed by atoms with Gasteiger partial charge in [0.05, 0.1) is 12.7 Å². The van der Waals surface area contributed by atoms with E-state index < -0.39 is 18.1 Å². The molecule has 0 fully saturated rings. The lowest BCUT2D eigenvalue weighted by Crippen LogP contribution is -2.44. The van der Waals surface area contributed by atoms with Gasteiger partial charge in [-0.25, -0.2) is 9.59 Å². The van der Waals surface area contributed by atoms with E-state index in [0.29, 0.717) is 0 Å². The minimum Gasteiger partial charge on any atom is -0.480 e. The topological polar surface area (TPSA) is 93.5 Å². The predicted octanol–water partition coefficient (Wildman–Crippen LogP) is 1.83. The van der Waals surface area contributed by atoms with Crippen LogP contribution in [0.25, 0.3) is 0 Å². The Kier molecular flexibility index (Phi) is 5.74. The quantitative estimate of drug-likeness (QED) is 0.812. The van der Waals surface area contributed by atoms with Crippen LogP contribution < -0.4 is 5.32 Å². The summed E-state index contributed by atoms with van der Waals surface area (Å²) in [7, 11) is 0. The fraction of sp³-hybridized carbons (Fsp3) is 0.312. The average Bonchev–Trinajstić information content (AvgIpc) is 3.01. The van der Waals surface area contributed by atoms with Crippen LogP contribution in [-0.2, 0) is 29.1 Å². The number of nitrogens with zero attached hydrogens (tertiary/aromatic N) is 2. The number of carboxylic acids is 1. The van der Waals surface area contributed by atoms with Gasteiger partial charge < -0.3 is 15.2 Å². The van der Waals surface area contributed by atoms with E-state index in [-0.39, 0.29) is 13.2 Å².